The maximum Gasteiger partial charge on any atom is 0.0235 e. The largest absolute Gasteiger partial charge is 0.312 e. The van der Waals surface area contributed by atoms with Crippen LogP contribution in [0.1, 0.15) is 18.9 Å². The molecule has 3 heteroatoms. The Balaban J connectivity index is 2.61. The number of rotatable bonds is 7. The number of hydrogen-bond donors (Lipinski definition) is 1. The van der Waals surface area contributed by atoms with Gasteiger partial charge in [-0.1, -0.05) is 41.1 Å². The third-order valence-electron chi connectivity index (χ3n) is 2.69. The van der Waals surface area contributed by atoms with Gasteiger partial charge in [0.25, 0.3) is 0 Å². The molecular weight excluding hydrogens is 276 g/mol. The SMILES string of the molecule is CCCNC(Cc1ccccc1Br)CN(C)C. The van der Waals surface area contributed by atoms with E-state index < -0.39 is 0 Å². The molecule has 0 saturated heterocycles. The third-order valence-corrected chi connectivity index (χ3v) is 3.47. The van der Waals surface area contributed by atoms with Crippen molar-refractivity contribution in [2.24, 2.45) is 0 Å². The molecule has 0 bridgehead atoms. The lowest BCUT2D eigenvalue weighted by Crippen LogP contribution is -2.40. The summed E-state index contributed by atoms with van der Waals surface area (Å²) < 4.78 is 1.21. The maximum absolute atomic E-state index is 3.62. The van der Waals surface area contributed by atoms with Crippen LogP contribution < -0.4 is 5.32 Å². The van der Waals surface area contributed by atoms with E-state index in [1.54, 1.807) is 0 Å². The monoisotopic (exact) mass is 298 g/mol. The van der Waals surface area contributed by atoms with Crippen LogP contribution in [0.5, 0.6) is 0 Å². The summed E-state index contributed by atoms with van der Waals surface area (Å²) in [5.74, 6) is 0. The Kier molecular flexibility index (Phi) is 6.78. The first kappa shape index (κ1) is 14.7. The van der Waals surface area contributed by atoms with Gasteiger partial charge in [-0.2, -0.15) is 0 Å². The van der Waals surface area contributed by atoms with Gasteiger partial charge < -0.3 is 10.2 Å². The molecule has 1 aromatic carbocycles. The van der Waals surface area contributed by atoms with Crippen LogP contribution in [0, 0.1) is 0 Å². The van der Waals surface area contributed by atoms with Crippen molar-refractivity contribution in [3.63, 3.8) is 0 Å². The van der Waals surface area contributed by atoms with Crippen molar-refractivity contribution in [2.75, 3.05) is 27.2 Å². The number of nitrogens with one attached hydrogen (secondary N) is 1. The molecule has 96 valence electrons. The second kappa shape index (κ2) is 7.85. The van der Waals surface area contributed by atoms with Crippen LogP contribution in [0.25, 0.3) is 0 Å². The van der Waals surface area contributed by atoms with Crippen LogP contribution in [-0.4, -0.2) is 38.1 Å². The van der Waals surface area contributed by atoms with E-state index in [1.807, 2.05) is 0 Å². The molecule has 0 radical (unpaired) electrons. The van der Waals surface area contributed by atoms with E-state index in [4.69, 9.17) is 0 Å². The fraction of sp³-hybridized carbons (Fsp3) is 0.571. The van der Waals surface area contributed by atoms with Gasteiger partial charge in [-0.3, -0.25) is 0 Å². The molecule has 0 aromatic heterocycles. The second-order valence-corrected chi connectivity index (χ2v) is 5.56. The molecule has 1 unspecified atom stereocenters. The molecular formula is C14H23BrN2. The standard InChI is InChI=1S/C14H23BrN2/c1-4-9-16-13(11-17(2)3)10-12-7-5-6-8-14(12)15/h5-8,13,16H,4,9-11H2,1-3H3. The first-order valence-corrected chi connectivity index (χ1v) is 7.04. The minimum atomic E-state index is 0.517. The first-order valence-electron chi connectivity index (χ1n) is 6.25. The summed E-state index contributed by atoms with van der Waals surface area (Å²) in [6.45, 7) is 4.36. The normalized spacial score (nSPS) is 13.0. The molecule has 0 aliphatic rings. The minimum Gasteiger partial charge on any atom is -0.312 e. The zero-order chi connectivity index (χ0) is 12.7. The van der Waals surface area contributed by atoms with E-state index in [0.717, 1.165) is 19.5 Å². The summed E-state index contributed by atoms with van der Waals surface area (Å²) >= 11 is 3.62. The summed E-state index contributed by atoms with van der Waals surface area (Å²) in [5.41, 5.74) is 1.38. The highest BCUT2D eigenvalue weighted by Gasteiger charge is 2.11. The van der Waals surface area contributed by atoms with Gasteiger partial charge in [0, 0.05) is 17.1 Å². The summed E-state index contributed by atoms with van der Waals surface area (Å²) in [5, 5.41) is 3.61. The topological polar surface area (TPSA) is 15.3 Å². The second-order valence-electron chi connectivity index (χ2n) is 4.71. The van der Waals surface area contributed by atoms with Gasteiger partial charge in [0.05, 0.1) is 0 Å². The molecule has 0 heterocycles. The lowest BCUT2D eigenvalue weighted by molar-refractivity contribution is 0.336. The van der Waals surface area contributed by atoms with Crippen LogP contribution in [0.4, 0.5) is 0 Å². The van der Waals surface area contributed by atoms with E-state index in [-0.39, 0.29) is 0 Å². The fourth-order valence-corrected chi connectivity index (χ4v) is 2.37. The predicted molar refractivity (Wildman–Crippen MR) is 78.5 cm³/mol. The van der Waals surface area contributed by atoms with E-state index in [9.17, 15) is 0 Å². The van der Waals surface area contributed by atoms with Crippen molar-refractivity contribution in [3.8, 4) is 0 Å². The van der Waals surface area contributed by atoms with Crippen LogP contribution in [0.2, 0.25) is 0 Å². The Morgan fingerprint density at radius 3 is 2.59 bits per heavy atom. The van der Waals surface area contributed by atoms with Gasteiger partial charge >= 0.3 is 0 Å². The molecule has 2 nitrogen and oxygen atoms in total. The average molecular weight is 299 g/mol. The molecule has 17 heavy (non-hydrogen) atoms. The van der Waals surface area contributed by atoms with Crippen molar-refractivity contribution in [3.05, 3.63) is 34.3 Å². The Labute approximate surface area is 114 Å². The first-order chi connectivity index (χ1) is 8.13. The van der Waals surface area contributed by atoms with E-state index in [1.165, 1.54) is 16.5 Å². The number of benzene rings is 1. The quantitative estimate of drug-likeness (QED) is 0.833. The molecule has 1 aromatic rings. The summed E-state index contributed by atoms with van der Waals surface area (Å²) in [7, 11) is 4.25. The third kappa shape index (κ3) is 5.66. The van der Waals surface area contributed by atoms with Crippen molar-refractivity contribution in [1.29, 1.82) is 0 Å². The summed E-state index contributed by atoms with van der Waals surface area (Å²) in [4.78, 5) is 2.24. The molecule has 0 aliphatic carbocycles. The van der Waals surface area contributed by atoms with Crippen LogP contribution >= 0.6 is 15.9 Å². The Morgan fingerprint density at radius 2 is 2.00 bits per heavy atom. The molecule has 0 amide bonds. The van der Waals surface area contributed by atoms with Crippen molar-refractivity contribution in [1.82, 2.24) is 10.2 Å². The van der Waals surface area contributed by atoms with E-state index in [2.05, 4.69) is 71.4 Å². The highest BCUT2D eigenvalue weighted by molar-refractivity contribution is 9.10. The zero-order valence-corrected chi connectivity index (χ0v) is 12.6. The number of likely N-dealkylation sites (N-methyl/N-ethyl adjacent to an activating group) is 1. The number of nitrogens with zero attached hydrogens (tertiary/aromatic N) is 1. The molecule has 1 N–H and O–H groups in total. The molecule has 0 fully saturated rings. The molecule has 0 saturated carbocycles. The summed E-state index contributed by atoms with van der Waals surface area (Å²) in [6.07, 6.45) is 2.25. The highest BCUT2D eigenvalue weighted by Crippen LogP contribution is 2.17. The molecule has 0 aliphatic heterocycles. The Bertz CT molecular complexity index is 326. The smallest absolute Gasteiger partial charge is 0.0235 e. The van der Waals surface area contributed by atoms with E-state index >= 15 is 0 Å². The maximum atomic E-state index is 3.62. The Hall–Kier alpha value is -0.380. The van der Waals surface area contributed by atoms with Gasteiger partial charge in [0.2, 0.25) is 0 Å². The zero-order valence-electron chi connectivity index (χ0n) is 11.0. The van der Waals surface area contributed by atoms with Crippen molar-refractivity contribution >= 4 is 15.9 Å². The van der Waals surface area contributed by atoms with Crippen LogP contribution in [-0.2, 0) is 6.42 Å². The van der Waals surface area contributed by atoms with E-state index in [0.29, 0.717) is 6.04 Å². The predicted octanol–water partition coefficient (Wildman–Crippen LogP) is 2.92. The highest BCUT2D eigenvalue weighted by atomic mass is 79.9. The number of hydrogen-bond acceptors (Lipinski definition) is 2. The molecule has 1 rings (SSSR count). The van der Waals surface area contributed by atoms with Crippen LogP contribution in [0.3, 0.4) is 0 Å². The lowest BCUT2D eigenvalue weighted by Gasteiger charge is -2.22. The van der Waals surface area contributed by atoms with Crippen LogP contribution in [0.15, 0.2) is 28.7 Å². The molecule has 0 spiro atoms. The minimum absolute atomic E-state index is 0.517. The van der Waals surface area contributed by atoms with Gasteiger partial charge in [0.1, 0.15) is 0 Å². The Morgan fingerprint density at radius 1 is 1.29 bits per heavy atom. The van der Waals surface area contributed by atoms with Crippen molar-refractivity contribution in [2.45, 2.75) is 25.8 Å². The van der Waals surface area contributed by atoms with Gasteiger partial charge in [-0.25, -0.2) is 0 Å². The number of halogens is 1. The fourth-order valence-electron chi connectivity index (χ4n) is 1.92. The summed E-state index contributed by atoms with van der Waals surface area (Å²) in [6, 6.07) is 8.99. The van der Waals surface area contributed by atoms with Gasteiger partial charge in [-0.05, 0) is 45.1 Å². The van der Waals surface area contributed by atoms with Gasteiger partial charge in [0.15, 0.2) is 0 Å². The van der Waals surface area contributed by atoms with Gasteiger partial charge in [-0.15, -0.1) is 0 Å². The average Bonchev–Trinajstić information content (AvgIpc) is 2.28. The van der Waals surface area contributed by atoms with Crippen molar-refractivity contribution < 1.29 is 0 Å². The lowest BCUT2D eigenvalue weighted by atomic mass is 10.1. The molecule has 1 atom stereocenters.